The Balaban J connectivity index is 2.36. The van der Waals surface area contributed by atoms with E-state index in [9.17, 15) is 4.39 Å². The summed E-state index contributed by atoms with van der Waals surface area (Å²) in [6.07, 6.45) is 0.426. The second-order valence-corrected chi connectivity index (χ2v) is 4.83. The third-order valence-corrected chi connectivity index (χ3v) is 3.52. The summed E-state index contributed by atoms with van der Waals surface area (Å²) in [6, 6.07) is 11.9. The topological polar surface area (TPSA) is 53.2 Å². The van der Waals surface area contributed by atoms with Gasteiger partial charge in [-0.05, 0) is 46.1 Å². The second kappa shape index (κ2) is 6.51. The summed E-state index contributed by atoms with van der Waals surface area (Å²) in [6.45, 7) is -0.0140. The maximum Gasteiger partial charge on any atom is 0.181 e. The van der Waals surface area contributed by atoms with Crippen LogP contribution in [-0.2, 0) is 6.42 Å². The predicted octanol–water partition coefficient (Wildman–Crippen LogP) is 3.79. The summed E-state index contributed by atoms with van der Waals surface area (Å²) in [5.74, 6) is -0.110. The minimum absolute atomic E-state index is 0.0140. The van der Waals surface area contributed by atoms with Gasteiger partial charge in [0.1, 0.15) is 11.8 Å². The number of rotatable bonds is 4. The van der Waals surface area contributed by atoms with Crippen LogP contribution in [0.5, 0.6) is 11.5 Å². The molecule has 0 bridgehead atoms. The van der Waals surface area contributed by atoms with Gasteiger partial charge in [-0.1, -0.05) is 18.2 Å². The number of para-hydroxylation sites is 1. The summed E-state index contributed by atoms with van der Waals surface area (Å²) < 4.78 is 19.7. The first-order valence-corrected chi connectivity index (χ1v) is 6.71. The predicted molar refractivity (Wildman–Crippen MR) is 76.1 cm³/mol. The highest BCUT2D eigenvalue weighted by Crippen LogP contribution is 2.32. The molecular formula is C15H11BrFNO2. The van der Waals surface area contributed by atoms with Crippen molar-refractivity contribution >= 4 is 15.9 Å². The van der Waals surface area contributed by atoms with E-state index in [1.165, 1.54) is 12.1 Å². The lowest BCUT2D eigenvalue weighted by molar-refractivity contribution is 0.297. The fraction of sp³-hybridized carbons (Fsp3) is 0.133. The maximum atomic E-state index is 14.1. The molecular weight excluding hydrogens is 325 g/mol. The van der Waals surface area contributed by atoms with Crippen LogP contribution < -0.4 is 4.74 Å². The van der Waals surface area contributed by atoms with Gasteiger partial charge in [0, 0.05) is 6.61 Å². The number of benzene rings is 2. The first kappa shape index (κ1) is 14.5. The molecule has 2 rings (SSSR count). The van der Waals surface area contributed by atoms with E-state index < -0.39 is 5.82 Å². The third-order valence-electron chi connectivity index (χ3n) is 2.74. The molecule has 0 radical (unpaired) electrons. The van der Waals surface area contributed by atoms with E-state index in [0.29, 0.717) is 12.2 Å². The van der Waals surface area contributed by atoms with Crippen LogP contribution in [0.25, 0.3) is 0 Å². The molecule has 3 nitrogen and oxygen atoms in total. The van der Waals surface area contributed by atoms with Crippen LogP contribution in [0.2, 0.25) is 0 Å². The summed E-state index contributed by atoms with van der Waals surface area (Å²) >= 11 is 3.04. The molecule has 0 heterocycles. The molecule has 2 aromatic rings. The summed E-state index contributed by atoms with van der Waals surface area (Å²) in [5.41, 5.74) is 0.994. The normalized spacial score (nSPS) is 10.1. The molecule has 1 N–H and O–H groups in total. The molecule has 0 unspecified atom stereocenters. The molecule has 20 heavy (non-hydrogen) atoms. The van der Waals surface area contributed by atoms with E-state index in [0.717, 1.165) is 5.56 Å². The van der Waals surface area contributed by atoms with Crippen LogP contribution in [0.4, 0.5) is 4.39 Å². The van der Waals surface area contributed by atoms with Crippen LogP contribution in [0.3, 0.4) is 0 Å². The Bertz CT molecular complexity index is 667. The first-order valence-electron chi connectivity index (χ1n) is 5.92. The molecule has 0 saturated heterocycles. The largest absolute Gasteiger partial charge is 0.454 e. The van der Waals surface area contributed by atoms with Crippen LogP contribution in [0.1, 0.15) is 11.1 Å². The number of aliphatic hydroxyl groups excluding tert-OH is 1. The highest BCUT2D eigenvalue weighted by atomic mass is 79.9. The minimum Gasteiger partial charge on any atom is -0.454 e. The second-order valence-electron chi connectivity index (χ2n) is 4.03. The van der Waals surface area contributed by atoms with Crippen LogP contribution >= 0.6 is 15.9 Å². The lowest BCUT2D eigenvalue weighted by Gasteiger charge is -2.12. The monoisotopic (exact) mass is 335 g/mol. The average molecular weight is 336 g/mol. The summed E-state index contributed by atoms with van der Waals surface area (Å²) in [7, 11) is 0. The van der Waals surface area contributed by atoms with E-state index in [-0.39, 0.29) is 22.4 Å². The number of hydrogen-bond donors (Lipinski definition) is 1. The van der Waals surface area contributed by atoms with Gasteiger partial charge < -0.3 is 9.84 Å². The van der Waals surface area contributed by atoms with Gasteiger partial charge in [0.05, 0.1) is 10.0 Å². The molecule has 0 fully saturated rings. The molecule has 0 atom stereocenters. The van der Waals surface area contributed by atoms with Gasteiger partial charge in [0.2, 0.25) is 0 Å². The lowest BCUT2D eigenvalue weighted by atomic mass is 10.1. The quantitative estimate of drug-likeness (QED) is 0.924. The molecule has 0 aliphatic rings. The minimum atomic E-state index is -0.622. The molecule has 0 amide bonds. The van der Waals surface area contributed by atoms with Crippen LogP contribution in [0, 0.1) is 17.1 Å². The SMILES string of the molecule is N#Cc1ccc(Oc2ccccc2CCO)c(F)c1Br. The third kappa shape index (κ3) is 2.98. The van der Waals surface area contributed by atoms with Crippen molar-refractivity contribution in [1.82, 2.24) is 0 Å². The van der Waals surface area contributed by atoms with E-state index in [1.54, 1.807) is 12.1 Å². The highest BCUT2D eigenvalue weighted by Gasteiger charge is 2.14. The van der Waals surface area contributed by atoms with Crippen molar-refractivity contribution in [3.63, 3.8) is 0 Å². The Hall–Kier alpha value is -1.90. The number of nitriles is 1. The number of halogens is 2. The van der Waals surface area contributed by atoms with E-state index in [1.807, 2.05) is 18.2 Å². The molecule has 5 heteroatoms. The Kier molecular flexibility index (Phi) is 4.72. The molecule has 0 aliphatic heterocycles. The van der Waals surface area contributed by atoms with Gasteiger partial charge in [-0.15, -0.1) is 0 Å². The molecule has 102 valence electrons. The van der Waals surface area contributed by atoms with Gasteiger partial charge in [-0.2, -0.15) is 5.26 Å². The molecule has 0 spiro atoms. The van der Waals surface area contributed by atoms with Crippen molar-refractivity contribution in [2.45, 2.75) is 6.42 Å². The zero-order valence-electron chi connectivity index (χ0n) is 10.4. The number of aliphatic hydroxyl groups is 1. The van der Waals surface area contributed by atoms with Gasteiger partial charge in [0.15, 0.2) is 11.6 Å². The number of nitrogens with zero attached hydrogens (tertiary/aromatic N) is 1. The Labute approximate surface area is 124 Å². The van der Waals surface area contributed by atoms with Gasteiger partial charge >= 0.3 is 0 Å². The van der Waals surface area contributed by atoms with Crippen molar-refractivity contribution in [3.05, 3.63) is 57.8 Å². The fourth-order valence-electron chi connectivity index (χ4n) is 1.75. The summed E-state index contributed by atoms with van der Waals surface area (Å²) in [4.78, 5) is 0. The average Bonchev–Trinajstić information content (AvgIpc) is 2.46. The lowest BCUT2D eigenvalue weighted by Crippen LogP contribution is -1.97. The van der Waals surface area contributed by atoms with Gasteiger partial charge in [-0.25, -0.2) is 4.39 Å². The Morgan fingerprint density at radius 2 is 1.95 bits per heavy atom. The highest BCUT2D eigenvalue weighted by molar-refractivity contribution is 9.10. The molecule has 0 aliphatic carbocycles. The zero-order valence-corrected chi connectivity index (χ0v) is 12.0. The zero-order chi connectivity index (χ0) is 14.5. The van der Waals surface area contributed by atoms with Crippen molar-refractivity contribution < 1.29 is 14.2 Å². The first-order chi connectivity index (χ1) is 9.67. The van der Waals surface area contributed by atoms with E-state index in [4.69, 9.17) is 15.1 Å². The van der Waals surface area contributed by atoms with Gasteiger partial charge in [0.25, 0.3) is 0 Å². The maximum absolute atomic E-state index is 14.1. The molecule has 0 aromatic heterocycles. The van der Waals surface area contributed by atoms with Gasteiger partial charge in [-0.3, -0.25) is 0 Å². The Morgan fingerprint density at radius 3 is 2.65 bits per heavy atom. The van der Waals surface area contributed by atoms with E-state index in [2.05, 4.69) is 15.9 Å². The summed E-state index contributed by atoms with van der Waals surface area (Å²) in [5, 5.41) is 17.8. The fourth-order valence-corrected chi connectivity index (χ4v) is 2.16. The van der Waals surface area contributed by atoms with Crippen LogP contribution in [0.15, 0.2) is 40.9 Å². The van der Waals surface area contributed by atoms with Crippen molar-refractivity contribution in [2.24, 2.45) is 0 Å². The van der Waals surface area contributed by atoms with Crippen LogP contribution in [-0.4, -0.2) is 11.7 Å². The Morgan fingerprint density at radius 1 is 1.20 bits per heavy atom. The molecule has 2 aromatic carbocycles. The standard InChI is InChI=1S/C15H11BrFNO2/c16-14-11(9-18)5-6-13(15(14)17)20-12-4-2-1-3-10(12)7-8-19/h1-6,19H,7-8H2. The number of ether oxygens (including phenoxy) is 1. The molecule has 0 saturated carbocycles. The smallest absolute Gasteiger partial charge is 0.181 e. The van der Waals surface area contributed by atoms with E-state index >= 15 is 0 Å². The number of hydrogen-bond acceptors (Lipinski definition) is 3. The van der Waals surface area contributed by atoms with Crippen molar-refractivity contribution in [2.75, 3.05) is 6.61 Å². The van der Waals surface area contributed by atoms with Crippen molar-refractivity contribution in [1.29, 1.82) is 5.26 Å². The van der Waals surface area contributed by atoms with Crippen molar-refractivity contribution in [3.8, 4) is 17.6 Å².